The van der Waals surface area contributed by atoms with Gasteiger partial charge in [-0.15, -0.1) is 0 Å². The number of pyridine rings is 1. The molecule has 31 heavy (non-hydrogen) atoms. The highest BCUT2D eigenvalue weighted by Crippen LogP contribution is 2.31. The molecule has 0 aliphatic carbocycles. The van der Waals surface area contributed by atoms with Crippen molar-refractivity contribution in [1.82, 2.24) is 9.88 Å². The summed E-state index contributed by atoms with van der Waals surface area (Å²) in [4.78, 5) is 21.0. The Hall–Kier alpha value is -3.32. The zero-order chi connectivity index (χ0) is 21.2. The lowest BCUT2D eigenvalue weighted by Gasteiger charge is -2.36. The molecule has 1 saturated heterocycles. The first kappa shape index (κ1) is 19.6. The standard InChI is InChI=1S/C24H26N4O3/c1-17-5-7-19-20(25-17)3-2-4-22(19)28-11-9-27(10-12-28)13-14-30-18-6-8-23-21(15-18)26-24(29)16-31-23/h2-8,15H,9-14,16H2,1H3,(H,26,29). The van der Waals surface area contributed by atoms with Crippen molar-refractivity contribution in [3.8, 4) is 11.5 Å². The Morgan fingerprint density at radius 2 is 1.97 bits per heavy atom. The van der Waals surface area contributed by atoms with E-state index in [0.717, 1.165) is 49.7 Å². The number of hydrogen-bond donors (Lipinski definition) is 1. The van der Waals surface area contributed by atoms with Crippen LogP contribution in [0.3, 0.4) is 0 Å². The van der Waals surface area contributed by atoms with Crippen molar-refractivity contribution in [2.45, 2.75) is 6.92 Å². The summed E-state index contributed by atoms with van der Waals surface area (Å²) < 4.78 is 11.3. The fourth-order valence-electron chi connectivity index (χ4n) is 4.17. The summed E-state index contributed by atoms with van der Waals surface area (Å²) in [6.45, 7) is 7.51. The van der Waals surface area contributed by atoms with Gasteiger partial charge in [-0.2, -0.15) is 0 Å². The third-order valence-corrected chi connectivity index (χ3v) is 5.82. The van der Waals surface area contributed by atoms with E-state index in [0.29, 0.717) is 18.0 Å². The first-order chi connectivity index (χ1) is 15.2. The third-order valence-electron chi connectivity index (χ3n) is 5.82. The van der Waals surface area contributed by atoms with Gasteiger partial charge in [0.25, 0.3) is 5.91 Å². The number of carbonyl (C=O) groups excluding carboxylic acids is 1. The number of nitrogens with one attached hydrogen (secondary N) is 1. The Labute approximate surface area is 181 Å². The van der Waals surface area contributed by atoms with Gasteiger partial charge < -0.3 is 19.7 Å². The second kappa shape index (κ2) is 8.43. The van der Waals surface area contributed by atoms with Crippen LogP contribution in [0.4, 0.5) is 11.4 Å². The molecule has 0 bridgehead atoms. The monoisotopic (exact) mass is 418 g/mol. The van der Waals surface area contributed by atoms with Crippen molar-refractivity contribution in [1.29, 1.82) is 0 Å². The van der Waals surface area contributed by atoms with E-state index in [-0.39, 0.29) is 12.5 Å². The van der Waals surface area contributed by atoms with Gasteiger partial charge in [-0.05, 0) is 43.3 Å². The summed E-state index contributed by atoms with van der Waals surface area (Å²) >= 11 is 0. The Morgan fingerprint density at radius 3 is 2.84 bits per heavy atom. The van der Waals surface area contributed by atoms with Crippen LogP contribution in [0.25, 0.3) is 10.9 Å². The number of fused-ring (bicyclic) bond motifs is 2. The highest BCUT2D eigenvalue weighted by Gasteiger charge is 2.19. The number of hydrogen-bond acceptors (Lipinski definition) is 6. The molecule has 2 aliphatic heterocycles. The van der Waals surface area contributed by atoms with Crippen LogP contribution >= 0.6 is 0 Å². The van der Waals surface area contributed by atoms with Crippen LogP contribution in [0.2, 0.25) is 0 Å². The summed E-state index contributed by atoms with van der Waals surface area (Å²) in [5, 5.41) is 4.03. The van der Waals surface area contributed by atoms with Crippen molar-refractivity contribution in [3.05, 3.63) is 54.2 Å². The van der Waals surface area contributed by atoms with Crippen LogP contribution in [0.1, 0.15) is 5.69 Å². The van der Waals surface area contributed by atoms with Gasteiger partial charge in [0.2, 0.25) is 0 Å². The van der Waals surface area contributed by atoms with Gasteiger partial charge in [0.15, 0.2) is 6.61 Å². The van der Waals surface area contributed by atoms with Crippen molar-refractivity contribution in [2.24, 2.45) is 0 Å². The second-order valence-electron chi connectivity index (χ2n) is 7.97. The predicted molar refractivity (Wildman–Crippen MR) is 121 cm³/mol. The zero-order valence-corrected chi connectivity index (χ0v) is 17.6. The first-order valence-electron chi connectivity index (χ1n) is 10.7. The van der Waals surface area contributed by atoms with E-state index in [2.05, 4.69) is 50.4 Å². The molecule has 1 aromatic heterocycles. The van der Waals surface area contributed by atoms with E-state index in [1.54, 1.807) is 0 Å². The molecular weight excluding hydrogens is 392 g/mol. The minimum atomic E-state index is -0.139. The van der Waals surface area contributed by atoms with Crippen LogP contribution in [0.15, 0.2) is 48.5 Å². The number of aromatic nitrogens is 1. The lowest BCUT2D eigenvalue weighted by molar-refractivity contribution is -0.118. The molecule has 0 spiro atoms. The Bertz CT molecular complexity index is 1110. The molecular formula is C24H26N4O3. The molecule has 0 atom stereocenters. The molecule has 160 valence electrons. The fraction of sp³-hybridized carbons (Fsp3) is 0.333. The lowest BCUT2D eigenvalue weighted by Crippen LogP contribution is -2.47. The third kappa shape index (κ3) is 4.27. The van der Waals surface area contributed by atoms with E-state index >= 15 is 0 Å². The average molecular weight is 418 g/mol. The number of amides is 1. The fourth-order valence-corrected chi connectivity index (χ4v) is 4.17. The van der Waals surface area contributed by atoms with Gasteiger partial charge in [-0.3, -0.25) is 14.7 Å². The van der Waals surface area contributed by atoms with Crippen molar-refractivity contribution < 1.29 is 14.3 Å². The number of anilines is 2. The molecule has 1 N–H and O–H groups in total. The molecule has 2 aromatic carbocycles. The molecule has 0 saturated carbocycles. The number of rotatable bonds is 5. The van der Waals surface area contributed by atoms with E-state index in [9.17, 15) is 4.79 Å². The zero-order valence-electron chi connectivity index (χ0n) is 17.6. The summed E-state index contributed by atoms with van der Waals surface area (Å²) in [6.07, 6.45) is 0. The molecule has 7 nitrogen and oxygen atoms in total. The van der Waals surface area contributed by atoms with Crippen molar-refractivity contribution >= 4 is 28.2 Å². The largest absolute Gasteiger partial charge is 0.492 e. The van der Waals surface area contributed by atoms with Gasteiger partial charge in [0.1, 0.15) is 18.1 Å². The number of benzene rings is 2. The minimum absolute atomic E-state index is 0.0636. The minimum Gasteiger partial charge on any atom is -0.492 e. The topological polar surface area (TPSA) is 66.9 Å². The van der Waals surface area contributed by atoms with Gasteiger partial charge in [-0.25, -0.2) is 0 Å². The molecule has 1 fully saturated rings. The van der Waals surface area contributed by atoms with Gasteiger partial charge in [0.05, 0.1) is 11.2 Å². The number of piperazine rings is 1. The number of carbonyl (C=O) groups is 1. The van der Waals surface area contributed by atoms with E-state index in [4.69, 9.17) is 9.47 Å². The molecule has 2 aliphatic rings. The Kier molecular flexibility index (Phi) is 5.34. The molecule has 0 unspecified atom stereocenters. The Morgan fingerprint density at radius 1 is 1.10 bits per heavy atom. The number of aryl methyl sites for hydroxylation is 1. The number of ether oxygens (including phenoxy) is 2. The maximum atomic E-state index is 11.5. The molecule has 5 rings (SSSR count). The smallest absolute Gasteiger partial charge is 0.262 e. The normalized spacial score (nSPS) is 16.5. The molecule has 3 heterocycles. The molecule has 3 aromatic rings. The highest BCUT2D eigenvalue weighted by molar-refractivity contribution is 5.95. The quantitative estimate of drug-likeness (QED) is 0.687. The summed E-state index contributed by atoms with van der Waals surface area (Å²) in [5.41, 5.74) is 4.03. The maximum absolute atomic E-state index is 11.5. The maximum Gasteiger partial charge on any atom is 0.262 e. The van der Waals surface area contributed by atoms with E-state index in [1.807, 2.05) is 25.1 Å². The highest BCUT2D eigenvalue weighted by atomic mass is 16.5. The van der Waals surface area contributed by atoms with Crippen LogP contribution in [0, 0.1) is 6.92 Å². The summed E-state index contributed by atoms with van der Waals surface area (Å²) in [6, 6.07) is 16.2. The average Bonchev–Trinajstić information content (AvgIpc) is 2.79. The van der Waals surface area contributed by atoms with Gasteiger partial charge in [0, 0.05) is 55.6 Å². The van der Waals surface area contributed by atoms with Crippen LogP contribution < -0.4 is 19.7 Å². The summed E-state index contributed by atoms with van der Waals surface area (Å²) in [5.74, 6) is 1.28. The Balaban J connectivity index is 1.14. The molecule has 1 amide bonds. The van der Waals surface area contributed by atoms with E-state index < -0.39 is 0 Å². The second-order valence-corrected chi connectivity index (χ2v) is 7.97. The van der Waals surface area contributed by atoms with Crippen LogP contribution in [0.5, 0.6) is 11.5 Å². The van der Waals surface area contributed by atoms with Crippen LogP contribution in [-0.2, 0) is 4.79 Å². The van der Waals surface area contributed by atoms with Gasteiger partial charge in [-0.1, -0.05) is 6.07 Å². The first-order valence-corrected chi connectivity index (χ1v) is 10.7. The van der Waals surface area contributed by atoms with Crippen molar-refractivity contribution in [3.63, 3.8) is 0 Å². The van der Waals surface area contributed by atoms with Gasteiger partial charge >= 0.3 is 0 Å². The lowest BCUT2D eigenvalue weighted by atomic mass is 10.1. The predicted octanol–water partition coefficient (Wildman–Crippen LogP) is 3.08. The SMILES string of the molecule is Cc1ccc2c(N3CCN(CCOc4ccc5c(c4)NC(=O)CO5)CC3)cccc2n1. The number of nitrogens with zero attached hydrogens (tertiary/aromatic N) is 3. The molecule has 0 radical (unpaired) electrons. The van der Waals surface area contributed by atoms with E-state index in [1.165, 1.54) is 11.1 Å². The summed E-state index contributed by atoms with van der Waals surface area (Å²) in [7, 11) is 0. The van der Waals surface area contributed by atoms with Crippen molar-refractivity contribution in [2.75, 3.05) is 56.2 Å². The van der Waals surface area contributed by atoms with Crippen LogP contribution in [-0.4, -0.2) is 61.7 Å². The molecule has 7 heteroatoms.